The summed E-state index contributed by atoms with van der Waals surface area (Å²) in [7, 11) is 1.91. The quantitative estimate of drug-likeness (QED) is 0.780. The number of aryl methyl sites for hydroxylation is 2. The predicted octanol–water partition coefficient (Wildman–Crippen LogP) is 3.58. The number of rotatable bonds is 6. The predicted molar refractivity (Wildman–Crippen MR) is 105 cm³/mol. The number of aromatic nitrogens is 3. The molecule has 1 unspecified atom stereocenters. The molecule has 2 aromatic rings. The number of ether oxygens (including phenoxy) is 1. The summed E-state index contributed by atoms with van der Waals surface area (Å²) in [5, 5.41) is 5.43. The van der Waals surface area contributed by atoms with Crippen LogP contribution in [-0.2, 0) is 11.8 Å². The van der Waals surface area contributed by atoms with Crippen molar-refractivity contribution in [3.8, 4) is 0 Å². The van der Waals surface area contributed by atoms with Crippen LogP contribution in [0.2, 0.25) is 0 Å². The average molecular weight is 370 g/mol. The minimum atomic E-state index is 0.0939. The van der Waals surface area contributed by atoms with Gasteiger partial charge in [-0.05, 0) is 51.5 Å². The SMILES string of the molecule is CCCN(CC1CCCCO1)C(=O)c1cc(C2CC2)nc2c1c(C)nn2C. The van der Waals surface area contributed by atoms with Crippen molar-refractivity contribution in [2.75, 3.05) is 19.7 Å². The Morgan fingerprint density at radius 2 is 2.15 bits per heavy atom. The van der Waals surface area contributed by atoms with Gasteiger partial charge in [0.1, 0.15) is 0 Å². The summed E-state index contributed by atoms with van der Waals surface area (Å²) in [4.78, 5) is 20.4. The Morgan fingerprint density at radius 1 is 1.33 bits per heavy atom. The highest BCUT2D eigenvalue weighted by molar-refractivity contribution is 6.06. The summed E-state index contributed by atoms with van der Waals surface area (Å²) >= 11 is 0. The van der Waals surface area contributed by atoms with Gasteiger partial charge in [-0.1, -0.05) is 6.92 Å². The summed E-state index contributed by atoms with van der Waals surface area (Å²) < 4.78 is 7.71. The van der Waals surface area contributed by atoms with Crippen molar-refractivity contribution in [3.63, 3.8) is 0 Å². The number of fused-ring (bicyclic) bond motifs is 1. The fourth-order valence-corrected chi connectivity index (χ4v) is 4.13. The molecule has 0 bridgehead atoms. The summed E-state index contributed by atoms with van der Waals surface area (Å²) in [6, 6.07) is 2.03. The largest absolute Gasteiger partial charge is 0.376 e. The maximum atomic E-state index is 13.6. The molecule has 6 nitrogen and oxygen atoms in total. The second-order valence-electron chi connectivity index (χ2n) is 8.02. The van der Waals surface area contributed by atoms with Gasteiger partial charge in [-0.25, -0.2) is 4.98 Å². The number of hydrogen-bond donors (Lipinski definition) is 0. The van der Waals surface area contributed by atoms with Gasteiger partial charge in [-0.3, -0.25) is 9.48 Å². The fourth-order valence-electron chi connectivity index (χ4n) is 4.13. The molecule has 2 aliphatic rings. The molecule has 3 heterocycles. The highest BCUT2D eigenvalue weighted by Gasteiger charge is 2.30. The van der Waals surface area contributed by atoms with Gasteiger partial charge < -0.3 is 9.64 Å². The van der Waals surface area contributed by atoms with Crippen molar-refractivity contribution in [1.29, 1.82) is 0 Å². The Hall–Kier alpha value is -1.95. The molecular weight excluding hydrogens is 340 g/mol. The molecule has 6 heteroatoms. The topological polar surface area (TPSA) is 60.2 Å². The van der Waals surface area contributed by atoms with Crippen LogP contribution in [0.3, 0.4) is 0 Å². The summed E-state index contributed by atoms with van der Waals surface area (Å²) in [5.74, 6) is 0.592. The van der Waals surface area contributed by atoms with Crippen LogP contribution in [0.15, 0.2) is 6.07 Å². The summed E-state index contributed by atoms with van der Waals surface area (Å²) in [5.41, 5.74) is 3.50. The van der Waals surface area contributed by atoms with Crippen LogP contribution in [0.25, 0.3) is 11.0 Å². The lowest BCUT2D eigenvalue weighted by atomic mass is 10.0. The summed E-state index contributed by atoms with van der Waals surface area (Å²) in [6.45, 7) is 6.32. The molecule has 1 aliphatic heterocycles. The van der Waals surface area contributed by atoms with Gasteiger partial charge >= 0.3 is 0 Å². The van der Waals surface area contributed by atoms with E-state index >= 15 is 0 Å². The first-order chi connectivity index (χ1) is 13.1. The van der Waals surface area contributed by atoms with Crippen molar-refractivity contribution in [2.24, 2.45) is 7.05 Å². The molecule has 4 rings (SSSR count). The molecule has 0 radical (unpaired) electrons. The molecule has 0 spiro atoms. The lowest BCUT2D eigenvalue weighted by Gasteiger charge is -2.30. The molecule has 2 aromatic heterocycles. The first-order valence-corrected chi connectivity index (χ1v) is 10.3. The highest BCUT2D eigenvalue weighted by atomic mass is 16.5. The van der Waals surface area contributed by atoms with Gasteiger partial charge in [-0.15, -0.1) is 0 Å². The molecule has 1 saturated carbocycles. The molecule has 27 heavy (non-hydrogen) atoms. The van der Waals surface area contributed by atoms with Gasteiger partial charge in [0.25, 0.3) is 5.91 Å². The van der Waals surface area contributed by atoms with E-state index in [0.29, 0.717) is 12.5 Å². The smallest absolute Gasteiger partial charge is 0.254 e. The van der Waals surface area contributed by atoms with E-state index < -0.39 is 0 Å². The standard InChI is InChI=1S/C21H30N4O2/c1-4-10-25(13-16-7-5-6-11-27-16)21(26)17-12-18(15-8-9-15)22-20-19(17)14(2)23-24(20)3/h12,15-16H,4-11,13H2,1-3H3. The van der Waals surface area contributed by atoms with E-state index in [-0.39, 0.29) is 12.0 Å². The van der Waals surface area contributed by atoms with Crippen LogP contribution in [0.5, 0.6) is 0 Å². The monoisotopic (exact) mass is 370 g/mol. The lowest BCUT2D eigenvalue weighted by molar-refractivity contribution is -0.00380. The van der Waals surface area contributed by atoms with E-state index in [2.05, 4.69) is 12.0 Å². The second kappa shape index (κ2) is 7.58. The molecule has 1 atom stereocenters. The normalized spacial score (nSPS) is 20.2. The highest BCUT2D eigenvalue weighted by Crippen LogP contribution is 2.40. The van der Waals surface area contributed by atoms with Crippen LogP contribution >= 0.6 is 0 Å². The Morgan fingerprint density at radius 3 is 2.81 bits per heavy atom. The second-order valence-corrected chi connectivity index (χ2v) is 8.02. The maximum Gasteiger partial charge on any atom is 0.254 e. The van der Waals surface area contributed by atoms with Crippen molar-refractivity contribution in [2.45, 2.75) is 64.4 Å². The van der Waals surface area contributed by atoms with E-state index in [1.807, 2.05) is 29.6 Å². The molecule has 1 amide bonds. The zero-order valence-corrected chi connectivity index (χ0v) is 16.7. The Kier molecular flexibility index (Phi) is 5.17. The number of carbonyl (C=O) groups excluding carboxylic acids is 1. The Labute approximate surface area is 160 Å². The van der Waals surface area contributed by atoms with Crippen LogP contribution in [0.4, 0.5) is 0 Å². The third-order valence-electron chi connectivity index (χ3n) is 5.69. The molecule has 146 valence electrons. The molecule has 0 N–H and O–H groups in total. The summed E-state index contributed by atoms with van der Waals surface area (Å²) in [6.07, 6.45) is 6.78. The first-order valence-electron chi connectivity index (χ1n) is 10.3. The van der Waals surface area contributed by atoms with E-state index in [1.54, 1.807) is 0 Å². The molecule has 0 aromatic carbocycles. The van der Waals surface area contributed by atoms with Crippen LogP contribution in [0, 0.1) is 6.92 Å². The number of carbonyl (C=O) groups is 1. The van der Waals surface area contributed by atoms with E-state index in [4.69, 9.17) is 9.72 Å². The minimum Gasteiger partial charge on any atom is -0.376 e. The van der Waals surface area contributed by atoms with Crippen molar-refractivity contribution < 1.29 is 9.53 Å². The molecular formula is C21H30N4O2. The average Bonchev–Trinajstić information content (AvgIpc) is 3.48. The van der Waals surface area contributed by atoms with E-state index in [0.717, 1.165) is 73.2 Å². The Bertz CT molecular complexity index is 834. The van der Waals surface area contributed by atoms with E-state index in [1.165, 1.54) is 6.42 Å². The molecule has 1 saturated heterocycles. The number of nitrogens with zero attached hydrogens (tertiary/aromatic N) is 4. The van der Waals surface area contributed by atoms with Gasteiger partial charge in [0.2, 0.25) is 0 Å². The van der Waals surface area contributed by atoms with Gasteiger partial charge in [0, 0.05) is 38.4 Å². The molecule has 2 fully saturated rings. The number of pyridine rings is 1. The zero-order valence-electron chi connectivity index (χ0n) is 16.7. The maximum absolute atomic E-state index is 13.6. The van der Waals surface area contributed by atoms with Crippen molar-refractivity contribution >= 4 is 16.9 Å². The van der Waals surface area contributed by atoms with Crippen LogP contribution in [-0.4, -0.2) is 51.4 Å². The third-order valence-corrected chi connectivity index (χ3v) is 5.69. The van der Waals surface area contributed by atoms with Crippen molar-refractivity contribution in [1.82, 2.24) is 19.7 Å². The molecule has 1 aliphatic carbocycles. The lowest BCUT2D eigenvalue weighted by Crippen LogP contribution is -2.40. The third kappa shape index (κ3) is 3.72. The van der Waals surface area contributed by atoms with Gasteiger partial charge in [0.05, 0.1) is 22.7 Å². The Balaban J connectivity index is 1.70. The number of amides is 1. The van der Waals surface area contributed by atoms with Crippen molar-refractivity contribution in [3.05, 3.63) is 23.0 Å². The van der Waals surface area contributed by atoms with Crippen LogP contribution < -0.4 is 0 Å². The minimum absolute atomic E-state index is 0.0939. The van der Waals surface area contributed by atoms with E-state index in [9.17, 15) is 4.79 Å². The fraction of sp³-hybridized carbons (Fsp3) is 0.667. The van der Waals surface area contributed by atoms with Crippen LogP contribution in [0.1, 0.15) is 73.1 Å². The van der Waals surface area contributed by atoms with Gasteiger partial charge in [0.15, 0.2) is 5.65 Å². The number of hydrogen-bond acceptors (Lipinski definition) is 4. The zero-order chi connectivity index (χ0) is 19.0. The van der Waals surface area contributed by atoms with Gasteiger partial charge in [-0.2, -0.15) is 5.10 Å². The first kappa shape index (κ1) is 18.4.